The van der Waals surface area contributed by atoms with E-state index in [1.165, 1.54) is 5.56 Å². The van der Waals surface area contributed by atoms with Crippen LogP contribution in [0.5, 0.6) is 5.75 Å². The van der Waals surface area contributed by atoms with Gasteiger partial charge < -0.3 is 4.74 Å². The fourth-order valence-corrected chi connectivity index (χ4v) is 3.60. The van der Waals surface area contributed by atoms with Crippen LogP contribution < -0.4 is 10.2 Å². The molecule has 0 bridgehead atoms. The normalized spacial score (nSPS) is 11.3. The maximum atomic E-state index is 11.9. The number of carbonyl (C=O) groups excluding carboxylic acids is 1. The second kappa shape index (κ2) is 8.44. The van der Waals surface area contributed by atoms with E-state index in [1.807, 2.05) is 57.2 Å². The first-order valence-electron chi connectivity index (χ1n) is 7.35. The van der Waals surface area contributed by atoms with Crippen LogP contribution >= 0.6 is 31.9 Å². The molecule has 0 aliphatic carbocycles. The topological polar surface area (TPSA) is 50.7 Å². The van der Waals surface area contributed by atoms with Crippen LogP contribution in [-0.4, -0.2) is 18.2 Å². The van der Waals surface area contributed by atoms with Gasteiger partial charge in [0.05, 0.1) is 10.2 Å². The van der Waals surface area contributed by atoms with E-state index in [0.717, 1.165) is 25.8 Å². The minimum atomic E-state index is -0.310. The van der Waals surface area contributed by atoms with E-state index in [2.05, 4.69) is 42.4 Å². The van der Waals surface area contributed by atoms with Crippen LogP contribution in [0.1, 0.15) is 23.6 Å². The summed E-state index contributed by atoms with van der Waals surface area (Å²) >= 11 is 6.84. The quantitative estimate of drug-likeness (QED) is 0.524. The molecule has 0 heterocycles. The van der Waals surface area contributed by atoms with E-state index < -0.39 is 0 Å². The maximum Gasteiger partial charge on any atom is 0.277 e. The number of carbonyl (C=O) groups is 1. The van der Waals surface area contributed by atoms with E-state index >= 15 is 0 Å². The predicted molar refractivity (Wildman–Crippen MR) is 104 cm³/mol. The number of amides is 1. The predicted octanol–water partition coefficient (Wildman–Crippen LogP) is 4.75. The molecule has 0 unspecified atom stereocenters. The Bertz CT molecular complexity index is 748. The number of halogens is 2. The molecule has 4 nitrogen and oxygen atoms in total. The molecule has 0 radical (unpaired) electrons. The van der Waals surface area contributed by atoms with Gasteiger partial charge in [0.25, 0.3) is 5.91 Å². The molecule has 2 rings (SSSR count). The van der Waals surface area contributed by atoms with Gasteiger partial charge in [0.1, 0.15) is 5.75 Å². The SMILES string of the molecule is CC(=NNC(=O)COc1c(C)cc(Br)cc1Br)c1ccc(C)cc1. The zero-order valence-electron chi connectivity index (χ0n) is 13.7. The Morgan fingerprint density at radius 2 is 1.83 bits per heavy atom. The average Bonchev–Trinajstić information content (AvgIpc) is 2.52. The van der Waals surface area contributed by atoms with Crippen molar-refractivity contribution in [2.75, 3.05) is 6.61 Å². The highest BCUT2D eigenvalue weighted by Crippen LogP contribution is 2.32. The summed E-state index contributed by atoms with van der Waals surface area (Å²) < 4.78 is 7.33. The molecule has 0 saturated heterocycles. The number of hydrogen-bond donors (Lipinski definition) is 1. The number of nitrogens with zero attached hydrogens (tertiary/aromatic N) is 1. The number of hydrazone groups is 1. The molecule has 24 heavy (non-hydrogen) atoms. The third-order valence-electron chi connectivity index (χ3n) is 3.36. The van der Waals surface area contributed by atoms with Gasteiger partial charge in [-0.3, -0.25) is 4.79 Å². The summed E-state index contributed by atoms with van der Waals surface area (Å²) in [5.41, 5.74) is 6.34. The Balaban J connectivity index is 1.94. The van der Waals surface area contributed by atoms with Gasteiger partial charge >= 0.3 is 0 Å². The van der Waals surface area contributed by atoms with Crippen LogP contribution in [0.3, 0.4) is 0 Å². The van der Waals surface area contributed by atoms with Crippen LogP contribution in [-0.2, 0) is 4.79 Å². The van der Waals surface area contributed by atoms with Gasteiger partial charge in [-0.2, -0.15) is 5.10 Å². The Morgan fingerprint density at radius 3 is 2.46 bits per heavy atom. The summed E-state index contributed by atoms with van der Waals surface area (Å²) in [5.74, 6) is 0.336. The number of rotatable bonds is 5. The Morgan fingerprint density at radius 1 is 1.17 bits per heavy atom. The zero-order valence-corrected chi connectivity index (χ0v) is 16.9. The molecule has 0 spiro atoms. The number of ether oxygens (including phenoxy) is 1. The van der Waals surface area contributed by atoms with Crippen molar-refractivity contribution >= 4 is 43.5 Å². The molecular weight excluding hydrogens is 436 g/mol. The van der Waals surface area contributed by atoms with Crippen molar-refractivity contribution in [1.29, 1.82) is 0 Å². The standard InChI is InChI=1S/C18H18Br2N2O2/c1-11-4-6-14(7-5-11)13(3)21-22-17(23)10-24-18-12(2)8-15(19)9-16(18)20/h4-9H,10H2,1-3H3,(H,22,23). The molecule has 1 amide bonds. The van der Waals surface area contributed by atoms with E-state index in [4.69, 9.17) is 4.74 Å². The Kier molecular flexibility index (Phi) is 6.57. The molecular formula is C18H18Br2N2O2. The molecule has 6 heteroatoms. The first-order valence-corrected chi connectivity index (χ1v) is 8.94. The third kappa shape index (κ3) is 5.18. The fraction of sp³-hybridized carbons (Fsp3) is 0.222. The number of aryl methyl sites for hydroxylation is 2. The molecule has 0 aliphatic rings. The van der Waals surface area contributed by atoms with Crippen molar-refractivity contribution in [2.24, 2.45) is 5.10 Å². The molecule has 126 valence electrons. The van der Waals surface area contributed by atoms with Gasteiger partial charge in [0.2, 0.25) is 0 Å². The first kappa shape index (κ1) is 18.7. The summed E-state index contributed by atoms with van der Waals surface area (Å²) in [6, 6.07) is 11.8. The summed E-state index contributed by atoms with van der Waals surface area (Å²) in [6.07, 6.45) is 0. The second-order valence-corrected chi connectivity index (χ2v) is 7.19. The van der Waals surface area contributed by atoms with Crippen molar-refractivity contribution in [3.8, 4) is 5.75 Å². The fourth-order valence-electron chi connectivity index (χ4n) is 2.05. The summed E-state index contributed by atoms with van der Waals surface area (Å²) in [4.78, 5) is 11.9. The lowest BCUT2D eigenvalue weighted by Gasteiger charge is -2.11. The minimum absolute atomic E-state index is 0.105. The smallest absolute Gasteiger partial charge is 0.277 e. The van der Waals surface area contributed by atoms with E-state index in [1.54, 1.807) is 0 Å². The van der Waals surface area contributed by atoms with Crippen LogP contribution in [0, 0.1) is 13.8 Å². The molecule has 2 aromatic carbocycles. The van der Waals surface area contributed by atoms with E-state index in [9.17, 15) is 4.79 Å². The minimum Gasteiger partial charge on any atom is -0.482 e. The van der Waals surface area contributed by atoms with E-state index in [-0.39, 0.29) is 12.5 Å². The van der Waals surface area contributed by atoms with Gasteiger partial charge in [-0.05, 0) is 60.0 Å². The molecule has 0 fully saturated rings. The summed E-state index contributed by atoms with van der Waals surface area (Å²) in [7, 11) is 0. The highest BCUT2D eigenvalue weighted by Gasteiger charge is 2.09. The molecule has 0 saturated carbocycles. The lowest BCUT2D eigenvalue weighted by Crippen LogP contribution is -2.25. The van der Waals surface area contributed by atoms with Gasteiger partial charge in [-0.15, -0.1) is 0 Å². The van der Waals surface area contributed by atoms with Crippen molar-refractivity contribution in [3.05, 3.63) is 62.0 Å². The Hall–Kier alpha value is -1.66. The average molecular weight is 454 g/mol. The largest absolute Gasteiger partial charge is 0.482 e. The molecule has 2 aromatic rings. The molecule has 0 atom stereocenters. The van der Waals surface area contributed by atoms with Gasteiger partial charge in [-0.25, -0.2) is 5.43 Å². The molecule has 1 N–H and O–H groups in total. The van der Waals surface area contributed by atoms with Crippen molar-refractivity contribution in [1.82, 2.24) is 5.43 Å². The van der Waals surface area contributed by atoms with Crippen LogP contribution in [0.15, 0.2) is 50.4 Å². The van der Waals surface area contributed by atoms with Crippen LogP contribution in [0.2, 0.25) is 0 Å². The van der Waals surface area contributed by atoms with Crippen molar-refractivity contribution < 1.29 is 9.53 Å². The maximum absolute atomic E-state index is 11.9. The summed E-state index contributed by atoms with van der Waals surface area (Å²) in [6.45, 7) is 5.69. The van der Waals surface area contributed by atoms with Crippen LogP contribution in [0.25, 0.3) is 0 Å². The second-order valence-electron chi connectivity index (χ2n) is 5.42. The Labute approximate surface area is 158 Å². The van der Waals surface area contributed by atoms with Crippen molar-refractivity contribution in [3.63, 3.8) is 0 Å². The zero-order chi connectivity index (χ0) is 17.7. The number of benzene rings is 2. The highest BCUT2D eigenvalue weighted by molar-refractivity contribution is 9.11. The van der Waals surface area contributed by atoms with E-state index in [0.29, 0.717) is 5.75 Å². The van der Waals surface area contributed by atoms with Gasteiger partial charge in [0, 0.05) is 4.47 Å². The number of hydrogen-bond acceptors (Lipinski definition) is 3. The van der Waals surface area contributed by atoms with Gasteiger partial charge in [-0.1, -0.05) is 45.8 Å². The molecule has 0 aromatic heterocycles. The lowest BCUT2D eigenvalue weighted by atomic mass is 10.1. The van der Waals surface area contributed by atoms with Gasteiger partial charge in [0.15, 0.2) is 6.61 Å². The lowest BCUT2D eigenvalue weighted by molar-refractivity contribution is -0.123. The first-order chi connectivity index (χ1) is 11.4. The summed E-state index contributed by atoms with van der Waals surface area (Å²) in [5, 5.41) is 4.11. The highest BCUT2D eigenvalue weighted by atomic mass is 79.9. The van der Waals surface area contributed by atoms with Crippen LogP contribution in [0.4, 0.5) is 0 Å². The number of nitrogens with one attached hydrogen (secondary N) is 1. The monoisotopic (exact) mass is 452 g/mol. The third-order valence-corrected chi connectivity index (χ3v) is 4.41. The van der Waals surface area contributed by atoms with Crippen molar-refractivity contribution in [2.45, 2.75) is 20.8 Å². The molecule has 0 aliphatic heterocycles.